The monoisotopic (exact) mass is 262 g/mol. The summed E-state index contributed by atoms with van der Waals surface area (Å²) >= 11 is 0. The highest BCUT2D eigenvalue weighted by Gasteiger charge is 2.18. The van der Waals surface area contributed by atoms with Gasteiger partial charge in [-0.2, -0.15) is 0 Å². The number of methoxy groups -OCH3 is 1. The van der Waals surface area contributed by atoms with Crippen LogP contribution in [0.2, 0.25) is 0 Å². The van der Waals surface area contributed by atoms with Crippen molar-refractivity contribution < 1.29 is 9.53 Å². The van der Waals surface area contributed by atoms with Gasteiger partial charge in [-0.05, 0) is 12.5 Å². The van der Waals surface area contributed by atoms with Crippen LogP contribution in [-0.2, 0) is 16.1 Å². The fraction of sp³-hybridized carbons (Fsp3) is 0.533. The van der Waals surface area contributed by atoms with Gasteiger partial charge in [-0.15, -0.1) is 0 Å². The van der Waals surface area contributed by atoms with Crippen molar-refractivity contribution in [2.45, 2.75) is 13.5 Å². The fourth-order valence-corrected chi connectivity index (χ4v) is 2.30. The van der Waals surface area contributed by atoms with Crippen LogP contribution in [0.4, 0.5) is 0 Å². The third-order valence-electron chi connectivity index (χ3n) is 3.57. The summed E-state index contributed by atoms with van der Waals surface area (Å²) in [6.45, 7) is 7.38. The Morgan fingerprint density at radius 3 is 2.26 bits per heavy atom. The molecule has 1 fully saturated rings. The van der Waals surface area contributed by atoms with Crippen molar-refractivity contribution in [3.05, 3.63) is 35.4 Å². The molecule has 0 amide bonds. The van der Waals surface area contributed by atoms with Crippen LogP contribution in [0.3, 0.4) is 0 Å². The summed E-state index contributed by atoms with van der Waals surface area (Å²) in [5.74, 6) is -0.146. The number of piperazine rings is 1. The molecule has 1 aliphatic heterocycles. The van der Waals surface area contributed by atoms with E-state index in [4.69, 9.17) is 4.74 Å². The Hall–Kier alpha value is -1.39. The first-order chi connectivity index (χ1) is 9.17. The minimum Gasteiger partial charge on any atom is -0.468 e. The molecular weight excluding hydrogens is 240 g/mol. The normalized spacial score (nSPS) is 17.4. The lowest BCUT2D eigenvalue weighted by Gasteiger charge is -2.34. The number of hydrogen-bond acceptors (Lipinski definition) is 4. The van der Waals surface area contributed by atoms with Crippen LogP contribution in [0.15, 0.2) is 24.3 Å². The first-order valence-electron chi connectivity index (χ1n) is 6.74. The lowest BCUT2D eigenvalue weighted by Crippen LogP contribution is -2.47. The molecule has 104 valence electrons. The van der Waals surface area contributed by atoms with E-state index in [1.807, 2.05) is 0 Å². The molecule has 0 bridgehead atoms. The van der Waals surface area contributed by atoms with E-state index >= 15 is 0 Å². The summed E-state index contributed by atoms with van der Waals surface area (Å²) in [6.07, 6.45) is 0. The number of rotatable bonds is 4. The van der Waals surface area contributed by atoms with Crippen LogP contribution in [0.1, 0.15) is 11.1 Å². The van der Waals surface area contributed by atoms with Gasteiger partial charge in [-0.25, -0.2) is 0 Å². The van der Waals surface area contributed by atoms with Crippen LogP contribution in [-0.4, -0.2) is 55.6 Å². The van der Waals surface area contributed by atoms with Gasteiger partial charge in [-0.3, -0.25) is 14.6 Å². The zero-order chi connectivity index (χ0) is 13.7. The van der Waals surface area contributed by atoms with Crippen molar-refractivity contribution in [3.63, 3.8) is 0 Å². The number of ether oxygens (including phenoxy) is 1. The van der Waals surface area contributed by atoms with Crippen molar-refractivity contribution in [1.82, 2.24) is 9.80 Å². The molecule has 2 rings (SSSR count). The number of carbonyl (C=O) groups is 1. The van der Waals surface area contributed by atoms with Crippen LogP contribution in [0.25, 0.3) is 0 Å². The molecular formula is C15H22N2O2. The van der Waals surface area contributed by atoms with Crippen LogP contribution >= 0.6 is 0 Å². The van der Waals surface area contributed by atoms with E-state index in [1.54, 1.807) is 0 Å². The van der Waals surface area contributed by atoms with Crippen LogP contribution < -0.4 is 0 Å². The number of nitrogens with zero attached hydrogens (tertiary/aromatic N) is 2. The molecule has 0 radical (unpaired) electrons. The maximum Gasteiger partial charge on any atom is 0.319 e. The average Bonchev–Trinajstić information content (AvgIpc) is 2.43. The summed E-state index contributed by atoms with van der Waals surface area (Å²) in [5, 5.41) is 0. The molecule has 0 aliphatic carbocycles. The molecule has 1 aliphatic rings. The maximum absolute atomic E-state index is 11.2. The number of hydrogen-bond donors (Lipinski definition) is 0. The summed E-state index contributed by atoms with van der Waals surface area (Å²) < 4.78 is 4.69. The van der Waals surface area contributed by atoms with Crippen molar-refractivity contribution in [2.24, 2.45) is 0 Å². The van der Waals surface area contributed by atoms with Gasteiger partial charge in [0.05, 0.1) is 13.7 Å². The number of benzene rings is 1. The molecule has 1 heterocycles. The highest BCUT2D eigenvalue weighted by atomic mass is 16.5. The lowest BCUT2D eigenvalue weighted by atomic mass is 10.1. The quantitative estimate of drug-likeness (QED) is 0.765. The van der Waals surface area contributed by atoms with Gasteiger partial charge in [0, 0.05) is 32.7 Å². The zero-order valence-corrected chi connectivity index (χ0v) is 11.8. The van der Waals surface area contributed by atoms with Gasteiger partial charge >= 0.3 is 5.97 Å². The van der Waals surface area contributed by atoms with E-state index < -0.39 is 0 Å². The van der Waals surface area contributed by atoms with Gasteiger partial charge in [-0.1, -0.05) is 29.8 Å². The van der Waals surface area contributed by atoms with Gasteiger partial charge in [0.2, 0.25) is 0 Å². The summed E-state index contributed by atoms with van der Waals surface area (Å²) in [6, 6.07) is 8.69. The molecule has 0 N–H and O–H groups in total. The van der Waals surface area contributed by atoms with Crippen LogP contribution in [0, 0.1) is 6.92 Å². The average molecular weight is 262 g/mol. The molecule has 19 heavy (non-hydrogen) atoms. The van der Waals surface area contributed by atoms with E-state index in [0.29, 0.717) is 6.54 Å². The topological polar surface area (TPSA) is 32.8 Å². The number of aryl methyl sites for hydroxylation is 1. The predicted molar refractivity (Wildman–Crippen MR) is 74.9 cm³/mol. The van der Waals surface area contributed by atoms with Gasteiger partial charge in [0.15, 0.2) is 0 Å². The molecule has 1 aromatic rings. The Morgan fingerprint density at radius 1 is 1.11 bits per heavy atom. The Morgan fingerprint density at radius 2 is 1.68 bits per heavy atom. The minimum atomic E-state index is -0.146. The largest absolute Gasteiger partial charge is 0.468 e. The van der Waals surface area contributed by atoms with E-state index in [1.165, 1.54) is 18.2 Å². The minimum absolute atomic E-state index is 0.146. The van der Waals surface area contributed by atoms with Gasteiger partial charge in [0.25, 0.3) is 0 Å². The summed E-state index contributed by atoms with van der Waals surface area (Å²) in [4.78, 5) is 15.8. The van der Waals surface area contributed by atoms with Crippen molar-refractivity contribution in [1.29, 1.82) is 0 Å². The molecule has 0 spiro atoms. The Bertz CT molecular complexity index is 409. The summed E-state index contributed by atoms with van der Waals surface area (Å²) in [7, 11) is 1.44. The maximum atomic E-state index is 11.2. The molecule has 4 heteroatoms. The molecule has 4 nitrogen and oxygen atoms in total. The third-order valence-corrected chi connectivity index (χ3v) is 3.57. The first-order valence-corrected chi connectivity index (χ1v) is 6.74. The second-order valence-corrected chi connectivity index (χ2v) is 5.11. The SMILES string of the molecule is COC(=O)CN1CCN(Cc2ccc(C)cc2)CC1. The molecule has 0 atom stereocenters. The van der Waals surface area contributed by atoms with Gasteiger partial charge < -0.3 is 4.74 Å². The Labute approximate surface area is 115 Å². The van der Waals surface area contributed by atoms with Crippen molar-refractivity contribution >= 4 is 5.97 Å². The van der Waals surface area contributed by atoms with E-state index in [9.17, 15) is 4.79 Å². The van der Waals surface area contributed by atoms with E-state index in [-0.39, 0.29) is 5.97 Å². The molecule has 1 aromatic carbocycles. The van der Waals surface area contributed by atoms with Gasteiger partial charge in [0.1, 0.15) is 0 Å². The number of esters is 1. The standard InChI is InChI=1S/C15H22N2O2/c1-13-3-5-14(6-4-13)11-16-7-9-17(10-8-16)12-15(18)19-2/h3-6H,7-12H2,1-2H3. The van der Waals surface area contributed by atoms with E-state index in [0.717, 1.165) is 32.7 Å². The molecule has 0 unspecified atom stereocenters. The predicted octanol–water partition coefficient (Wildman–Crippen LogP) is 1.29. The van der Waals surface area contributed by atoms with Crippen molar-refractivity contribution in [2.75, 3.05) is 39.8 Å². The summed E-state index contributed by atoms with van der Waals surface area (Å²) in [5.41, 5.74) is 2.65. The smallest absolute Gasteiger partial charge is 0.319 e. The second kappa shape index (κ2) is 6.68. The highest BCUT2D eigenvalue weighted by molar-refractivity contribution is 5.71. The number of carbonyl (C=O) groups excluding carboxylic acids is 1. The zero-order valence-electron chi connectivity index (χ0n) is 11.8. The Kier molecular flexibility index (Phi) is 4.93. The lowest BCUT2D eigenvalue weighted by molar-refractivity contribution is -0.142. The fourth-order valence-electron chi connectivity index (χ4n) is 2.30. The van der Waals surface area contributed by atoms with Crippen molar-refractivity contribution in [3.8, 4) is 0 Å². The van der Waals surface area contributed by atoms with E-state index in [2.05, 4.69) is 41.0 Å². The second-order valence-electron chi connectivity index (χ2n) is 5.11. The molecule has 0 aromatic heterocycles. The molecule has 0 saturated carbocycles. The third kappa shape index (κ3) is 4.33. The molecule has 1 saturated heterocycles. The Balaban J connectivity index is 1.77. The first kappa shape index (κ1) is 14.0. The highest BCUT2D eigenvalue weighted by Crippen LogP contribution is 2.09. The van der Waals surface area contributed by atoms with Crippen LogP contribution in [0.5, 0.6) is 0 Å².